The molecule has 116 valence electrons. The first-order valence-electron chi connectivity index (χ1n) is 7.25. The van der Waals surface area contributed by atoms with Crippen molar-refractivity contribution in [3.63, 3.8) is 0 Å². The van der Waals surface area contributed by atoms with Crippen LogP contribution in [0.15, 0.2) is 28.8 Å². The molecule has 1 unspecified atom stereocenters. The number of benzene rings is 1. The van der Waals surface area contributed by atoms with Crippen molar-refractivity contribution in [2.45, 2.75) is 31.8 Å². The molecule has 1 saturated heterocycles. The second-order valence-electron chi connectivity index (χ2n) is 5.41. The van der Waals surface area contributed by atoms with E-state index in [1.807, 2.05) is 0 Å². The van der Waals surface area contributed by atoms with Crippen LogP contribution in [0.1, 0.15) is 47.4 Å². The van der Waals surface area contributed by atoms with Crippen LogP contribution in [0, 0.1) is 5.82 Å². The Morgan fingerprint density at radius 3 is 2.82 bits per heavy atom. The Hall–Kier alpha value is -2.28. The number of nitrogens with zero attached hydrogens (tertiary/aromatic N) is 3. The van der Waals surface area contributed by atoms with Crippen molar-refractivity contribution in [3.05, 3.63) is 47.4 Å². The predicted molar refractivity (Wildman–Crippen MR) is 76.2 cm³/mol. The van der Waals surface area contributed by atoms with Crippen LogP contribution in [0.2, 0.25) is 0 Å². The number of hydrogen-bond acceptors (Lipinski definition) is 5. The Morgan fingerprint density at radius 2 is 2.14 bits per heavy atom. The minimum atomic E-state index is -0.705. The molecule has 1 aromatic heterocycles. The first kappa shape index (κ1) is 14.6. The molecule has 0 bridgehead atoms. The fraction of sp³-hybridized carbons (Fsp3) is 0.400. The third-order valence-electron chi connectivity index (χ3n) is 3.90. The van der Waals surface area contributed by atoms with Crippen LogP contribution in [0.3, 0.4) is 0 Å². The van der Waals surface area contributed by atoms with E-state index in [1.54, 1.807) is 12.1 Å². The summed E-state index contributed by atoms with van der Waals surface area (Å²) in [7, 11) is 0. The molecule has 6 nitrogen and oxygen atoms in total. The summed E-state index contributed by atoms with van der Waals surface area (Å²) in [6, 6.07) is 6.74. The van der Waals surface area contributed by atoms with Crippen LogP contribution in [-0.4, -0.2) is 27.5 Å². The van der Waals surface area contributed by atoms with Gasteiger partial charge < -0.3 is 10.3 Å². The van der Waals surface area contributed by atoms with Crippen molar-refractivity contribution in [1.29, 1.82) is 0 Å². The normalized spacial score (nSPS) is 19.2. The number of aromatic nitrogens is 2. The fourth-order valence-electron chi connectivity index (χ4n) is 2.84. The van der Waals surface area contributed by atoms with Gasteiger partial charge in [-0.2, -0.15) is 4.98 Å². The average molecular weight is 304 g/mol. The minimum Gasteiger partial charge on any atom is -0.363 e. The molecule has 2 aromatic rings. The molecule has 1 aromatic carbocycles. The minimum absolute atomic E-state index is 0.106. The maximum absolute atomic E-state index is 13.1. The van der Waals surface area contributed by atoms with E-state index < -0.39 is 5.91 Å². The van der Waals surface area contributed by atoms with Gasteiger partial charge in [-0.25, -0.2) is 4.39 Å². The van der Waals surface area contributed by atoms with Gasteiger partial charge in [-0.15, -0.1) is 0 Å². The van der Waals surface area contributed by atoms with Crippen LogP contribution >= 0.6 is 0 Å². The number of piperidine rings is 1. The number of primary amides is 1. The lowest BCUT2D eigenvalue weighted by Gasteiger charge is -2.35. The van der Waals surface area contributed by atoms with Crippen molar-refractivity contribution < 1.29 is 13.7 Å². The van der Waals surface area contributed by atoms with E-state index in [-0.39, 0.29) is 17.7 Å². The summed E-state index contributed by atoms with van der Waals surface area (Å²) in [5.41, 5.74) is 6.19. The monoisotopic (exact) mass is 304 g/mol. The lowest BCUT2D eigenvalue weighted by Crippen LogP contribution is -2.33. The average Bonchev–Trinajstić information content (AvgIpc) is 2.98. The number of carbonyl (C=O) groups is 1. The highest BCUT2D eigenvalue weighted by Gasteiger charge is 2.26. The van der Waals surface area contributed by atoms with Gasteiger partial charge >= 0.3 is 0 Å². The fourth-order valence-corrected chi connectivity index (χ4v) is 2.84. The van der Waals surface area contributed by atoms with Crippen molar-refractivity contribution in [1.82, 2.24) is 15.0 Å². The standard InChI is InChI=1S/C15H17FN4O2/c16-11-6-4-10(5-7-11)12-3-1-2-8-20(12)9-13-18-15(14(17)21)19-22-13/h4-7,12H,1-3,8-9H2,(H2,17,21). The van der Waals surface area contributed by atoms with Crippen LogP contribution in [0.25, 0.3) is 0 Å². The van der Waals surface area contributed by atoms with Gasteiger partial charge in [0.1, 0.15) is 5.82 Å². The van der Waals surface area contributed by atoms with Crippen molar-refractivity contribution >= 4 is 5.91 Å². The van der Waals surface area contributed by atoms with Crippen LogP contribution in [0.5, 0.6) is 0 Å². The third-order valence-corrected chi connectivity index (χ3v) is 3.90. The van der Waals surface area contributed by atoms with E-state index in [0.29, 0.717) is 12.4 Å². The molecule has 0 aliphatic carbocycles. The first-order chi connectivity index (χ1) is 10.6. The van der Waals surface area contributed by atoms with Gasteiger partial charge in [0.15, 0.2) is 0 Å². The van der Waals surface area contributed by atoms with E-state index in [9.17, 15) is 9.18 Å². The molecule has 1 aliphatic heterocycles. The Balaban J connectivity index is 1.77. The van der Waals surface area contributed by atoms with E-state index in [0.717, 1.165) is 31.4 Å². The van der Waals surface area contributed by atoms with Crippen LogP contribution in [0.4, 0.5) is 4.39 Å². The molecule has 1 aliphatic rings. The van der Waals surface area contributed by atoms with Crippen molar-refractivity contribution in [3.8, 4) is 0 Å². The number of likely N-dealkylation sites (tertiary alicyclic amines) is 1. The molecule has 1 fully saturated rings. The molecule has 2 N–H and O–H groups in total. The highest BCUT2D eigenvalue weighted by Crippen LogP contribution is 2.31. The topological polar surface area (TPSA) is 85.2 Å². The SMILES string of the molecule is NC(=O)c1noc(CN2CCCCC2c2ccc(F)cc2)n1. The Morgan fingerprint density at radius 1 is 1.36 bits per heavy atom. The summed E-state index contributed by atoms with van der Waals surface area (Å²) in [6.07, 6.45) is 3.19. The second-order valence-corrected chi connectivity index (χ2v) is 5.41. The molecular weight excluding hydrogens is 287 g/mol. The number of hydrogen-bond donors (Lipinski definition) is 1. The van der Waals surface area contributed by atoms with Crippen molar-refractivity contribution in [2.75, 3.05) is 6.54 Å². The van der Waals surface area contributed by atoms with Crippen LogP contribution < -0.4 is 5.73 Å². The molecule has 0 radical (unpaired) electrons. The lowest BCUT2D eigenvalue weighted by molar-refractivity contribution is 0.0987. The van der Waals surface area contributed by atoms with E-state index in [2.05, 4.69) is 15.0 Å². The second kappa shape index (κ2) is 6.23. The number of rotatable bonds is 4. The largest absolute Gasteiger partial charge is 0.363 e. The van der Waals surface area contributed by atoms with Gasteiger partial charge in [0.2, 0.25) is 5.89 Å². The molecule has 1 amide bonds. The summed E-state index contributed by atoms with van der Waals surface area (Å²) in [4.78, 5) is 17.2. The number of halogens is 1. The summed E-state index contributed by atoms with van der Waals surface area (Å²) in [6.45, 7) is 1.33. The lowest BCUT2D eigenvalue weighted by atomic mass is 9.95. The summed E-state index contributed by atoms with van der Waals surface area (Å²) in [5, 5.41) is 3.55. The quantitative estimate of drug-likeness (QED) is 0.934. The summed E-state index contributed by atoms with van der Waals surface area (Å²) >= 11 is 0. The first-order valence-corrected chi connectivity index (χ1v) is 7.25. The zero-order valence-electron chi connectivity index (χ0n) is 12.0. The Labute approximate surface area is 127 Å². The van der Waals surface area contributed by atoms with Gasteiger partial charge in [0, 0.05) is 6.04 Å². The predicted octanol–water partition coefficient (Wildman–Crippen LogP) is 2.03. The molecule has 2 heterocycles. The molecular formula is C15H17FN4O2. The maximum Gasteiger partial charge on any atom is 0.290 e. The number of amides is 1. The van der Waals surface area contributed by atoms with E-state index in [1.165, 1.54) is 12.1 Å². The Kier molecular flexibility index (Phi) is 4.15. The number of carbonyl (C=O) groups excluding carboxylic acids is 1. The number of nitrogens with two attached hydrogens (primary N) is 1. The zero-order valence-corrected chi connectivity index (χ0v) is 12.0. The van der Waals surface area contributed by atoms with Gasteiger partial charge in [0.25, 0.3) is 11.7 Å². The third kappa shape index (κ3) is 3.14. The van der Waals surface area contributed by atoms with Gasteiger partial charge in [-0.3, -0.25) is 9.69 Å². The highest BCUT2D eigenvalue weighted by molar-refractivity contribution is 5.88. The van der Waals surface area contributed by atoms with Gasteiger partial charge in [-0.05, 0) is 37.1 Å². The molecule has 0 saturated carbocycles. The van der Waals surface area contributed by atoms with Crippen LogP contribution in [-0.2, 0) is 6.54 Å². The van der Waals surface area contributed by atoms with Gasteiger partial charge in [-0.1, -0.05) is 23.7 Å². The zero-order chi connectivity index (χ0) is 15.5. The smallest absolute Gasteiger partial charge is 0.290 e. The van der Waals surface area contributed by atoms with Gasteiger partial charge in [0.05, 0.1) is 6.54 Å². The molecule has 1 atom stereocenters. The molecule has 22 heavy (non-hydrogen) atoms. The molecule has 7 heteroatoms. The molecule has 3 rings (SSSR count). The summed E-state index contributed by atoms with van der Waals surface area (Å²) < 4.78 is 18.2. The van der Waals surface area contributed by atoms with E-state index in [4.69, 9.17) is 10.3 Å². The Bertz CT molecular complexity index is 656. The van der Waals surface area contributed by atoms with E-state index >= 15 is 0 Å². The van der Waals surface area contributed by atoms with Crippen molar-refractivity contribution in [2.24, 2.45) is 5.73 Å². The highest BCUT2D eigenvalue weighted by atomic mass is 19.1. The molecule has 0 spiro atoms. The maximum atomic E-state index is 13.1. The summed E-state index contributed by atoms with van der Waals surface area (Å²) in [5.74, 6) is -0.689.